The van der Waals surface area contributed by atoms with Crippen molar-refractivity contribution >= 4 is 0 Å². The molecule has 0 heterocycles. The Hall–Kier alpha value is -1.26. The standard InChI is InChI=1S/C13H21NO3/c1-8(2)12(14)13(15)10-6-5-9(16-3)7-11(10)17-4/h5-8,12-13,15H,14H2,1-4H3. The van der Waals surface area contributed by atoms with Gasteiger partial charge in [0.1, 0.15) is 11.5 Å². The molecule has 0 bridgehead atoms. The first-order valence-corrected chi connectivity index (χ1v) is 5.66. The van der Waals surface area contributed by atoms with Crippen LogP contribution in [0.1, 0.15) is 25.5 Å². The molecule has 0 amide bonds. The zero-order valence-corrected chi connectivity index (χ0v) is 10.8. The van der Waals surface area contributed by atoms with Crippen LogP contribution in [0.3, 0.4) is 0 Å². The van der Waals surface area contributed by atoms with Crippen LogP contribution in [0.2, 0.25) is 0 Å². The zero-order chi connectivity index (χ0) is 13.0. The van der Waals surface area contributed by atoms with Crippen LogP contribution in [0.15, 0.2) is 18.2 Å². The molecule has 1 aromatic rings. The van der Waals surface area contributed by atoms with Crippen LogP contribution in [0.25, 0.3) is 0 Å². The maximum atomic E-state index is 10.2. The lowest BCUT2D eigenvalue weighted by molar-refractivity contribution is 0.122. The summed E-state index contributed by atoms with van der Waals surface area (Å²) in [5, 5.41) is 10.2. The fraction of sp³-hybridized carbons (Fsp3) is 0.538. The van der Waals surface area contributed by atoms with Crippen molar-refractivity contribution in [1.29, 1.82) is 0 Å². The average Bonchev–Trinajstić information content (AvgIpc) is 2.35. The Morgan fingerprint density at radius 1 is 1.18 bits per heavy atom. The summed E-state index contributed by atoms with van der Waals surface area (Å²) in [6.45, 7) is 3.95. The van der Waals surface area contributed by atoms with Crippen molar-refractivity contribution in [1.82, 2.24) is 0 Å². The highest BCUT2D eigenvalue weighted by molar-refractivity contribution is 5.42. The molecule has 0 aliphatic rings. The van der Waals surface area contributed by atoms with E-state index in [0.717, 1.165) is 0 Å². The van der Waals surface area contributed by atoms with Crippen molar-refractivity contribution in [2.75, 3.05) is 14.2 Å². The third-order valence-corrected chi connectivity index (χ3v) is 2.89. The Bertz CT molecular complexity index is 366. The van der Waals surface area contributed by atoms with Crippen molar-refractivity contribution in [2.45, 2.75) is 26.0 Å². The summed E-state index contributed by atoms with van der Waals surface area (Å²) in [6.07, 6.45) is -0.740. The van der Waals surface area contributed by atoms with Gasteiger partial charge in [0.2, 0.25) is 0 Å². The molecule has 0 aliphatic carbocycles. The molecule has 2 unspecified atom stereocenters. The van der Waals surface area contributed by atoms with Gasteiger partial charge in [-0.2, -0.15) is 0 Å². The Morgan fingerprint density at radius 2 is 1.82 bits per heavy atom. The number of hydrogen-bond donors (Lipinski definition) is 2. The third kappa shape index (κ3) is 3.11. The summed E-state index contributed by atoms with van der Waals surface area (Å²) in [5.41, 5.74) is 6.64. The molecular formula is C13H21NO3. The molecule has 3 N–H and O–H groups in total. The van der Waals surface area contributed by atoms with Crippen molar-refractivity contribution in [2.24, 2.45) is 11.7 Å². The highest BCUT2D eigenvalue weighted by Crippen LogP contribution is 2.31. The van der Waals surface area contributed by atoms with Gasteiger partial charge >= 0.3 is 0 Å². The van der Waals surface area contributed by atoms with E-state index in [0.29, 0.717) is 17.1 Å². The monoisotopic (exact) mass is 239 g/mol. The number of aliphatic hydroxyl groups excluding tert-OH is 1. The van der Waals surface area contributed by atoms with Gasteiger partial charge in [0, 0.05) is 17.7 Å². The molecule has 4 nitrogen and oxygen atoms in total. The minimum absolute atomic E-state index is 0.191. The number of rotatable bonds is 5. The number of benzene rings is 1. The Balaban J connectivity index is 3.04. The summed E-state index contributed by atoms with van der Waals surface area (Å²) in [5.74, 6) is 1.47. The third-order valence-electron chi connectivity index (χ3n) is 2.89. The fourth-order valence-corrected chi connectivity index (χ4v) is 1.63. The van der Waals surface area contributed by atoms with E-state index in [9.17, 15) is 5.11 Å². The van der Waals surface area contributed by atoms with Crippen LogP contribution < -0.4 is 15.2 Å². The minimum Gasteiger partial charge on any atom is -0.497 e. The van der Waals surface area contributed by atoms with E-state index in [-0.39, 0.29) is 12.0 Å². The molecular weight excluding hydrogens is 218 g/mol. The van der Waals surface area contributed by atoms with Gasteiger partial charge in [0.15, 0.2) is 0 Å². The Labute approximate surface area is 102 Å². The topological polar surface area (TPSA) is 64.7 Å². The first kappa shape index (κ1) is 13.8. The lowest BCUT2D eigenvalue weighted by Gasteiger charge is -2.24. The summed E-state index contributed by atoms with van der Waals surface area (Å²) < 4.78 is 10.3. The number of aliphatic hydroxyl groups is 1. The predicted molar refractivity (Wildman–Crippen MR) is 67.3 cm³/mol. The molecule has 0 saturated heterocycles. The number of methoxy groups -OCH3 is 2. The highest BCUT2D eigenvalue weighted by Gasteiger charge is 2.23. The molecule has 0 aliphatic heterocycles. The first-order chi connectivity index (χ1) is 8.01. The maximum Gasteiger partial charge on any atom is 0.128 e. The van der Waals surface area contributed by atoms with Crippen molar-refractivity contribution in [3.63, 3.8) is 0 Å². The van der Waals surface area contributed by atoms with Crippen molar-refractivity contribution in [3.05, 3.63) is 23.8 Å². The van der Waals surface area contributed by atoms with E-state index in [1.54, 1.807) is 32.4 Å². The van der Waals surface area contributed by atoms with Crippen LogP contribution in [0.4, 0.5) is 0 Å². The fourth-order valence-electron chi connectivity index (χ4n) is 1.63. The smallest absolute Gasteiger partial charge is 0.128 e. The van der Waals surface area contributed by atoms with Gasteiger partial charge in [-0.25, -0.2) is 0 Å². The Kier molecular flexibility index (Phi) is 4.78. The van der Waals surface area contributed by atoms with Crippen molar-refractivity contribution < 1.29 is 14.6 Å². The van der Waals surface area contributed by atoms with Gasteiger partial charge in [-0.05, 0) is 18.1 Å². The second-order valence-corrected chi connectivity index (χ2v) is 4.37. The molecule has 2 atom stereocenters. The van der Waals surface area contributed by atoms with E-state index in [2.05, 4.69) is 0 Å². The lowest BCUT2D eigenvalue weighted by atomic mass is 9.93. The van der Waals surface area contributed by atoms with Crippen LogP contribution in [0, 0.1) is 5.92 Å². The number of hydrogen-bond acceptors (Lipinski definition) is 4. The predicted octanol–water partition coefficient (Wildman–Crippen LogP) is 1.72. The molecule has 96 valence electrons. The molecule has 0 radical (unpaired) electrons. The Morgan fingerprint density at radius 3 is 2.29 bits per heavy atom. The summed E-state index contributed by atoms with van der Waals surface area (Å²) in [7, 11) is 3.15. The molecule has 1 aromatic carbocycles. The van der Waals surface area contributed by atoms with E-state index < -0.39 is 6.10 Å². The summed E-state index contributed by atoms with van der Waals surface area (Å²) in [4.78, 5) is 0. The van der Waals surface area contributed by atoms with E-state index in [1.807, 2.05) is 13.8 Å². The first-order valence-electron chi connectivity index (χ1n) is 5.66. The minimum atomic E-state index is -0.740. The number of ether oxygens (including phenoxy) is 2. The lowest BCUT2D eigenvalue weighted by Crippen LogP contribution is -2.33. The molecule has 1 rings (SSSR count). The van der Waals surface area contributed by atoms with E-state index in [4.69, 9.17) is 15.2 Å². The second kappa shape index (κ2) is 5.89. The second-order valence-electron chi connectivity index (χ2n) is 4.37. The van der Waals surface area contributed by atoms with Gasteiger partial charge in [-0.15, -0.1) is 0 Å². The molecule has 4 heteroatoms. The van der Waals surface area contributed by atoms with Gasteiger partial charge in [0.05, 0.1) is 20.3 Å². The van der Waals surface area contributed by atoms with Gasteiger partial charge in [0.25, 0.3) is 0 Å². The summed E-state index contributed by atoms with van der Waals surface area (Å²) in [6, 6.07) is 4.99. The van der Waals surface area contributed by atoms with E-state index in [1.165, 1.54) is 0 Å². The van der Waals surface area contributed by atoms with Crippen LogP contribution in [0.5, 0.6) is 11.5 Å². The molecule has 0 fully saturated rings. The van der Waals surface area contributed by atoms with Gasteiger partial charge < -0.3 is 20.3 Å². The highest BCUT2D eigenvalue weighted by atomic mass is 16.5. The summed E-state index contributed by atoms with van der Waals surface area (Å²) >= 11 is 0. The molecule has 17 heavy (non-hydrogen) atoms. The quantitative estimate of drug-likeness (QED) is 0.821. The van der Waals surface area contributed by atoms with Crippen LogP contribution in [-0.2, 0) is 0 Å². The van der Waals surface area contributed by atoms with E-state index >= 15 is 0 Å². The average molecular weight is 239 g/mol. The molecule has 0 spiro atoms. The maximum absolute atomic E-state index is 10.2. The number of nitrogens with two attached hydrogens (primary N) is 1. The molecule has 0 saturated carbocycles. The largest absolute Gasteiger partial charge is 0.497 e. The zero-order valence-electron chi connectivity index (χ0n) is 10.8. The van der Waals surface area contributed by atoms with Gasteiger partial charge in [-0.3, -0.25) is 0 Å². The van der Waals surface area contributed by atoms with Gasteiger partial charge in [-0.1, -0.05) is 13.8 Å². The molecule has 0 aromatic heterocycles. The van der Waals surface area contributed by atoms with Crippen molar-refractivity contribution in [3.8, 4) is 11.5 Å². The normalized spacial score (nSPS) is 14.5. The SMILES string of the molecule is COc1ccc(C(O)C(N)C(C)C)c(OC)c1. The van der Waals surface area contributed by atoms with Crippen LogP contribution >= 0.6 is 0 Å². The van der Waals surface area contributed by atoms with Crippen LogP contribution in [-0.4, -0.2) is 25.4 Å².